The van der Waals surface area contributed by atoms with Crippen molar-refractivity contribution in [2.24, 2.45) is 0 Å². The molecule has 2 aliphatic heterocycles. The number of pyridine rings is 2. The van der Waals surface area contributed by atoms with Crippen LogP contribution in [0.5, 0.6) is 5.75 Å². The number of amides is 1. The van der Waals surface area contributed by atoms with Gasteiger partial charge in [0.05, 0.1) is 35.3 Å². The van der Waals surface area contributed by atoms with Gasteiger partial charge >= 0.3 is 0 Å². The second-order valence-corrected chi connectivity index (χ2v) is 10.4. The van der Waals surface area contributed by atoms with Gasteiger partial charge < -0.3 is 19.4 Å². The van der Waals surface area contributed by atoms with E-state index in [4.69, 9.17) is 33.3 Å². The van der Waals surface area contributed by atoms with Gasteiger partial charge in [-0.05, 0) is 53.1 Å². The Morgan fingerprint density at radius 2 is 1.84 bits per heavy atom. The Balaban J connectivity index is 1.38. The Bertz CT molecular complexity index is 1540. The highest BCUT2D eigenvalue weighted by Gasteiger charge is 2.26. The van der Waals surface area contributed by atoms with Crippen LogP contribution >= 0.6 is 23.8 Å². The number of rotatable bonds is 6. The molecule has 0 aliphatic carbocycles. The number of halogens is 1. The summed E-state index contributed by atoms with van der Waals surface area (Å²) in [5.41, 5.74) is 4.48. The largest absolute Gasteiger partial charge is 0.482 e. The molecule has 0 saturated carbocycles. The van der Waals surface area contributed by atoms with Gasteiger partial charge in [0.15, 0.2) is 0 Å². The molecule has 6 rings (SSSR count). The molecule has 0 radical (unpaired) electrons. The molecule has 1 atom stereocenters. The summed E-state index contributed by atoms with van der Waals surface area (Å²) in [6.45, 7) is 4.91. The van der Waals surface area contributed by atoms with Crippen molar-refractivity contribution in [1.29, 1.82) is 0 Å². The van der Waals surface area contributed by atoms with E-state index in [1.54, 1.807) is 12.4 Å². The van der Waals surface area contributed by atoms with Crippen molar-refractivity contribution in [3.63, 3.8) is 0 Å². The predicted molar refractivity (Wildman–Crippen MR) is 149 cm³/mol. The van der Waals surface area contributed by atoms with E-state index in [1.807, 2.05) is 42.6 Å². The van der Waals surface area contributed by atoms with Crippen molar-refractivity contribution < 1.29 is 14.3 Å². The van der Waals surface area contributed by atoms with Crippen molar-refractivity contribution in [1.82, 2.24) is 19.8 Å². The highest BCUT2D eigenvalue weighted by atomic mass is 35.5. The van der Waals surface area contributed by atoms with Crippen LogP contribution in [0.15, 0.2) is 67.1 Å². The van der Waals surface area contributed by atoms with Crippen LogP contribution in [-0.2, 0) is 24.4 Å². The Hall–Kier alpha value is -3.30. The summed E-state index contributed by atoms with van der Waals surface area (Å²) < 4.78 is 14.7. The van der Waals surface area contributed by atoms with E-state index >= 15 is 0 Å². The van der Waals surface area contributed by atoms with Crippen LogP contribution in [0.4, 0.5) is 0 Å². The summed E-state index contributed by atoms with van der Waals surface area (Å²) in [5, 5.41) is 4.54. The summed E-state index contributed by atoms with van der Waals surface area (Å²) >= 11 is 11.9. The Morgan fingerprint density at radius 3 is 2.61 bits per heavy atom. The van der Waals surface area contributed by atoms with Crippen molar-refractivity contribution >= 4 is 40.6 Å². The lowest BCUT2D eigenvalue weighted by Crippen LogP contribution is -2.35. The molecular formula is C29H27ClN4O3S. The molecule has 1 amide bonds. The molecule has 1 fully saturated rings. The standard InChI is InChI=1S/C29H27ClN4O3S/c30-22-3-1-19(2-4-22)15-32-29(35)24-17-34-18-26(21-5-7-31-8-6-21)37-25-14-20(13-23(27(25)34)28(24)38)16-33-9-11-36-12-10-33/h1-8,13-14,17,26H,9-12,15-16,18H2,(H,32,35). The quantitative estimate of drug-likeness (QED) is 0.330. The first-order valence-corrected chi connectivity index (χ1v) is 13.4. The fraction of sp³-hybridized carbons (Fsp3) is 0.276. The van der Waals surface area contributed by atoms with E-state index < -0.39 is 0 Å². The molecular weight excluding hydrogens is 520 g/mol. The van der Waals surface area contributed by atoms with E-state index in [0.717, 1.165) is 66.2 Å². The molecule has 1 N–H and O–H groups in total. The number of carbonyl (C=O) groups is 1. The first kappa shape index (κ1) is 25.0. The average molecular weight is 547 g/mol. The minimum Gasteiger partial charge on any atom is -0.482 e. The summed E-state index contributed by atoms with van der Waals surface area (Å²) in [6, 6.07) is 15.6. The van der Waals surface area contributed by atoms with Crippen LogP contribution in [0.2, 0.25) is 5.02 Å². The average Bonchev–Trinajstić information content (AvgIpc) is 2.95. The first-order valence-electron chi connectivity index (χ1n) is 12.6. The van der Waals surface area contributed by atoms with Gasteiger partial charge in [0.1, 0.15) is 11.9 Å². The van der Waals surface area contributed by atoms with E-state index in [2.05, 4.69) is 31.9 Å². The molecule has 4 aromatic rings. The number of carbonyl (C=O) groups excluding carboxylic acids is 1. The van der Waals surface area contributed by atoms with E-state index in [1.165, 1.54) is 0 Å². The van der Waals surface area contributed by atoms with Crippen molar-refractivity contribution in [2.75, 3.05) is 26.3 Å². The van der Waals surface area contributed by atoms with Gasteiger partial charge in [-0.15, -0.1) is 0 Å². The van der Waals surface area contributed by atoms with Crippen LogP contribution in [-0.4, -0.2) is 46.7 Å². The van der Waals surface area contributed by atoms with Gasteiger partial charge in [0, 0.05) is 55.2 Å². The number of nitrogens with zero attached hydrogens (tertiary/aromatic N) is 3. The van der Waals surface area contributed by atoms with Crippen LogP contribution in [0, 0.1) is 4.51 Å². The Labute approximate surface area is 231 Å². The third-order valence-electron chi connectivity index (χ3n) is 7.03. The fourth-order valence-corrected chi connectivity index (χ4v) is 5.49. The third-order valence-corrected chi connectivity index (χ3v) is 7.72. The minimum absolute atomic E-state index is 0.206. The van der Waals surface area contributed by atoms with E-state index in [-0.39, 0.29) is 12.0 Å². The lowest BCUT2D eigenvalue weighted by atomic mass is 10.0. The van der Waals surface area contributed by atoms with Gasteiger partial charge in [0.2, 0.25) is 0 Å². The summed E-state index contributed by atoms with van der Waals surface area (Å²) in [4.78, 5) is 19.9. The fourth-order valence-electron chi connectivity index (χ4n) is 5.06. The number of aromatic nitrogens is 2. The van der Waals surface area contributed by atoms with Gasteiger partial charge in [-0.2, -0.15) is 0 Å². The highest BCUT2D eigenvalue weighted by Crippen LogP contribution is 2.38. The molecule has 9 heteroatoms. The maximum Gasteiger partial charge on any atom is 0.254 e. The maximum atomic E-state index is 13.4. The van der Waals surface area contributed by atoms with Crippen LogP contribution < -0.4 is 10.1 Å². The zero-order chi connectivity index (χ0) is 26.1. The minimum atomic E-state index is -0.210. The normalized spacial score (nSPS) is 17.2. The molecule has 2 aromatic heterocycles. The van der Waals surface area contributed by atoms with Gasteiger partial charge in [-0.3, -0.25) is 14.7 Å². The summed E-state index contributed by atoms with van der Waals surface area (Å²) in [7, 11) is 0. The summed E-state index contributed by atoms with van der Waals surface area (Å²) in [5.74, 6) is 0.570. The number of ether oxygens (including phenoxy) is 2. The zero-order valence-electron chi connectivity index (χ0n) is 20.7. The predicted octanol–water partition coefficient (Wildman–Crippen LogP) is 5.32. The lowest BCUT2D eigenvalue weighted by molar-refractivity contribution is 0.0341. The SMILES string of the molecule is O=C(NCc1ccc(Cl)cc1)c1cn2c3c(cc(CN4CCOCC4)cc3c1=S)OC(c1ccncc1)C2. The third kappa shape index (κ3) is 5.17. The highest BCUT2D eigenvalue weighted by molar-refractivity contribution is 7.71. The topological polar surface area (TPSA) is 68.6 Å². The molecule has 0 bridgehead atoms. The van der Waals surface area contributed by atoms with Crippen molar-refractivity contribution in [2.45, 2.75) is 25.7 Å². The summed E-state index contributed by atoms with van der Waals surface area (Å²) in [6.07, 6.45) is 5.19. The Kier molecular flexibility index (Phi) is 7.12. The smallest absolute Gasteiger partial charge is 0.254 e. The molecule has 194 valence electrons. The lowest BCUT2D eigenvalue weighted by Gasteiger charge is -2.31. The van der Waals surface area contributed by atoms with E-state index in [9.17, 15) is 4.79 Å². The van der Waals surface area contributed by atoms with Crippen molar-refractivity contribution in [3.8, 4) is 5.75 Å². The van der Waals surface area contributed by atoms with Crippen LogP contribution in [0.25, 0.3) is 10.9 Å². The molecule has 1 saturated heterocycles. The molecule has 4 heterocycles. The molecule has 2 aromatic carbocycles. The zero-order valence-corrected chi connectivity index (χ0v) is 22.3. The molecule has 7 nitrogen and oxygen atoms in total. The number of hydrogen-bond donors (Lipinski definition) is 1. The molecule has 0 spiro atoms. The Morgan fingerprint density at radius 1 is 1.08 bits per heavy atom. The monoisotopic (exact) mass is 546 g/mol. The molecule has 1 unspecified atom stereocenters. The second kappa shape index (κ2) is 10.8. The number of nitrogens with one attached hydrogen (secondary N) is 1. The number of hydrogen-bond acceptors (Lipinski definition) is 6. The molecule has 2 aliphatic rings. The van der Waals surface area contributed by atoms with Gasteiger partial charge in [-0.25, -0.2) is 0 Å². The van der Waals surface area contributed by atoms with Crippen LogP contribution in [0.1, 0.15) is 33.2 Å². The molecule has 38 heavy (non-hydrogen) atoms. The van der Waals surface area contributed by atoms with E-state index in [0.29, 0.717) is 28.2 Å². The maximum absolute atomic E-state index is 13.4. The van der Waals surface area contributed by atoms with Crippen LogP contribution in [0.3, 0.4) is 0 Å². The number of benzene rings is 2. The van der Waals surface area contributed by atoms with Crippen molar-refractivity contribution in [3.05, 3.63) is 98.9 Å². The van der Waals surface area contributed by atoms with Gasteiger partial charge in [-0.1, -0.05) is 36.0 Å². The van der Waals surface area contributed by atoms with Gasteiger partial charge in [0.25, 0.3) is 5.91 Å². The number of morpholine rings is 1. The first-order chi connectivity index (χ1) is 18.5. The second-order valence-electron chi connectivity index (χ2n) is 9.60.